The fourth-order valence-electron chi connectivity index (χ4n) is 1.45. The standard InChI is InChI=1S/C10H14N2O.2ClH/c1-8-2-3-9(7-12-8)13-10-4-5-11-6-10;;/h2-3,7,10-11H,4-6H2,1H3;2*1H/t10-;;/m1../s1. The molecule has 0 bridgehead atoms. The largest absolute Gasteiger partial charge is 0.487 e. The Balaban J connectivity index is 0.000000980. The Labute approximate surface area is 102 Å². The Hall–Kier alpha value is -0.510. The van der Waals surface area contributed by atoms with Gasteiger partial charge in [0.2, 0.25) is 0 Å². The number of ether oxygens (including phenoxy) is 1. The maximum absolute atomic E-state index is 5.71. The van der Waals surface area contributed by atoms with Crippen LogP contribution in [0, 0.1) is 6.92 Å². The van der Waals surface area contributed by atoms with Crippen molar-refractivity contribution in [1.29, 1.82) is 0 Å². The van der Waals surface area contributed by atoms with Gasteiger partial charge < -0.3 is 10.1 Å². The molecule has 2 rings (SSSR count). The highest BCUT2D eigenvalue weighted by molar-refractivity contribution is 5.85. The molecule has 1 aliphatic heterocycles. The SMILES string of the molecule is Cc1ccc(O[C@@H]2CCNC2)cn1.Cl.Cl. The highest BCUT2D eigenvalue weighted by Gasteiger charge is 2.15. The van der Waals surface area contributed by atoms with Gasteiger partial charge in [0, 0.05) is 12.2 Å². The van der Waals surface area contributed by atoms with Crippen LogP contribution in [0.15, 0.2) is 18.3 Å². The lowest BCUT2D eigenvalue weighted by Crippen LogP contribution is -2.19. The van der Waals surface area contributed by atoms with Crippen molar-refractivity contribution in [1.82, 2.24) is 10.3 Å². The zero-order chi connectivity index (χ0) is 9.10. The first-order valence-electron chi connectivity index (χ1n) is 4.64. The van der Waals surface area contributed by atoms with Crippen LogP contribution in [-0.2, 0) is 0 Å². The van der Waals surface area contributed by atoms with Gasteiger partial charge in [-0.05, 0) is 32.0 Å². The third kappa shape index (κ3) is 4.24. The molecule has 0 spiro atoms. The smallest absolute Gasteiger partial charge is 0.138 e. The van der Waals surface area contributed by atoms with E-state index in [-0.39, 0.29) is 24.8 Å². The summed E-state index contributed by atoms with van der Waals surface area (Å²) in [6, 6.07) is 3.94. The fraction of sp³-hybridized carbons (Fsp3) is 0.500. The molecule has 1 aromatic rings. The van der Waals surface area contributed by atoms with Crippen LogP contribution in [-0.4, -0.2) is 24.2 Å². The van der Waals surface area contributed by atoms with Crippen molar-refractivity contribution in [3.8, 4) is 5.75 Å². The van der Waals surface area contributed by atoms with Crippen molar-refractivity contribution in [2.75, 3.05) is 13.1 Å². The molecule has 0 aliphatic carbocycles. The molecule has 1 atom stereocenters. The molecule has 0 amide bonds. The van der Waals surface area contributed by atoms with Crippen molar-refractivity contribution >= 4 is 24.8 Å². The Kier molecular flexibility index (Phi) is 6.65. The molecule has 0 unspecified atom stereocenters. The molecule has 0 radical (unpaired) electrons. The molecule has 86 valence electrons. The number of rotatable bonds is 2. The van der Waals surface area contributed by atoms with E-state index < -0.39 is 0 Å². The van der Waals surface area contributed by atoms with E-state index in [0.29, 0.717) is 6.10 Å². The van der Waals surface area contributed by atoms with Crippen LogP contribution < -0.4 is 10.1 Å². The topological polar surface area (TPSA) is 34.1 Å². The molecule has 0 saturated carbocycles. The zero-order valence-corrected chi connectivity index (χ0v) is 10.2. The molecule has 5 heteroatoms. The molecule has 0 aromatic carbocycles. The second-order valence-corrected chi connectivity index (χ2v) is 3.37. The lowest BCUT2D eigenvalue weighted by atomic mass is 10.3. The fourth-order valence-corrected chi connectivity index (χ4v) is 1.45. The summed E-state index contributed by atoms with van der Waals surface area (Å²) in [4.78, 5) is 4.18. The van der Waals surface area contributed by atoms with E-state index in [4.69, 9.17) is 4.74 Å². The third-order valence-corrected chi connectivity index (χ3v) is 2.20. The number of nitrogens with zero attached hydrogens (tertiary/aromatic N) is 1. The van der Waals surface area contributed by atoms with E-state index in [1.54, 1.807) is 6.20 Å². The minimum absolute atomic E-state index is 0. The number of hydrogen-bond donors (Lipinski definition) is 1. The maximum Gasteiger partial charge on any atom is 0.138 e. The van der Waals surface area contributed by atoms with Gasteiger partial charge in [-0.25, -0.2) is 0 Å². The molecular formula is C10H16Cl2N2O. The van der Waals surface area contributed by atoms with Crippen molar-refractivity contribution in [2.24, 2.45) is 0 Å². The summed E-state index contributed by atoms with van der Waals surface area (Å²) in [5.74, 6) is 0.874. The van der Waals surface area contributed by atoms with Gasteiger partial charge in [-0.3, -0.25) is 4.98 Å². The minimum Gasteiger partial charge on any atom is -0.487 e. The predicted octanol–water partition coefficient (Wildman–Crippen LogP) is 1.97. The Bertz CT molecular complexity index is 273. The maximum atomic E-state index is 5.71. The summed E-state index contributed by atoms with van der Waals surface area (Å²) in [6.45, 7) is 3.98. The van der Waals surface area contributed by atoms with Crippen molar-refractivity contribution in [2.45, 2.75) is 19.4 Å². The average molecular weight is 251 g/mol. The van der Waals surface area contributed by atoms with Crippen LogP contribution in [0.25, 0.3) is 0 Å². The summed E-state index contributed by atoms with van der Waals surface area (Å²) < 4.78 is 5.71. The van der Waals surface area contributed by atoms with Gasteiger partial charge in [-0.2, -0.15) is 0 Å². The van der Waals surface area contributed by atoms with E-state index in [2.05, 4.69) is 10.3 Å². The van der Waals surface area contributed by atoms with Crippen LogP contribution in [0.2, 0.25) is 0 Å². The lowest BCUT2D eigenvalue weighted by molar-refractivity contribution is 0.222. The van der Waals surface area contributed by atoms with E-state index in [1.165, 1.54) is 0 Å². The number of nitrogens with one attached hydrogen (secondary N) is 1. The van der Waals surface area contributed by atoms with Gasteiger partial charge in [-0.1, -0.05) is 0 Å². The highest BCUT2D eigenvalue weighted by Crippen LogP contribution is 2.13. The summed E-state index contributed by atoms with van der Waals surface area (Å²) in [7, 11) is 0. The van der Waals surface area contributed by atoms with Gasteiger partial charge in [0.15, 0.2) is 0 Å². The van der Waals surface area contributed by atoms with Crippen LogP contribution in [0.1, 0.15) is 12.1 Å². The molecule has 1 saturated heterocycles. The van der Waals surface area contributed by atoms with E-state index in [1.807, 2.05) is 19.1 Å². The predicted molar refractivity (Wildman–Crippen MR) is 65.4 cm³/mol. The van der Waals surface area contributed by atoms with E-state index in [9.17, 15) is 0 Å². The minimum atomic E-state index is 0. The molecule has 1 aromatic heterocycles. The quantitative estimate of drug-likeness (QED) is 0.872. The lowest BCUT2D eigenvalue weighted by Gasteiger charge is -2.11. The van der Waals surface area contributed by atoms with E-state index in [0.717, 1.165) is 31.0 Å². The number of halogens is 2. The number of hydrogen-bond acceptors (Lipinski definition) is 3. The van der Waals surface area contributed by atoms with Crippen LogP contribution >= 0.6 is 24.8 Å². The molecule has 1 fully saturated rings. The normalized spacial score (nSPS) is 18.9. The molecule has 1 N–H and O–H groups in total. The molecule has 2 heterocycles. The van der Waals surface area contributed by atoms with Gasteiger partial charge in [0.1, 0.15) is 11.9 Å². The van der Waals surface area contributed by atoms with E-state index >= 15 is 0 Å². The summed E-state index contributed by atoms with van der Waals surface area (Å²) >= 11 is 0. The van der Waals surface area contributed by atoms with Crippen molar-refractivity contribution < 1.29 is 4.74 Å². The summed E-state index contributed by atoms with van der Waals surface area (Å²) in [5, 5.41) is 3.26. The number of aromatic nitrogens is 1. The van der Waals surface area contributed by atoms with Gasteiger partial charge in [-0.15, -0.1) is 24.8 Å². The van der Waals surface area contributed by atoms with Crippen molar-refractivity contribution in [3.63, 3.8) is 0 Å². The molecule has 15 heavy (non-hydrogen) atoms. The molecular weight excluding hydrogens is 235 g/mol. The second-order valence-electron chi connectivity index (χ2n) is 3.37. The first-order valence-corrected chi connectivity index (χ1v) is 4.64. The molecule has 1 aliphatic rings. The number of aryl methyl sites for hydroxylation is 1. The average Bonchev–Trinajstić information content (AvgIpc) is 2.62. The van der Waals surface area contributed by atoms with Crippen LogP contribution in [0.3, 0.4) is 0 Å². The summed E-state index contributed by atoms with van der Waals surface area (Å²) in [5.41, 5.74) is 1.02. The zero-order valence-electron chi connectivity index (χ0n) is 8.60. The van der Waals surface area contributed by atoms with Gasteiger partial charge in [0.05, 0.1) is 6.20 Å². The number of pyridine rings is 1. The Morgan fingerprint density at radius 2 is 2.20 bits per heavy atom. The summed E-state index contributed by atoms with van der Waals surface area (Å²) in [6.07, 6.45) is 3.20. The first-order chi connectivity index (χ1) is 6.34. The third-order valence-electron chi connectivity index (χ3n) is 2.20. The monoisotopic (exact) mass is 250 g/mol. The Morgan fingerprint density at radius 3 is 2.73 bits per heavy atom. The molecule has 3 nitrogen and oxygen atoms in total. The first kappa shape index (κ1) is 14.5. The van der Waals surface area contributed by atoms with Gasteiger partial charge >= 0.3 is 0 Å². The highest BCUT2D eigenvalue weighted by atomic mass is 35.5. The second kappa shape index (κ2) is 6.88. The van der Waals surface area contributed by atoms with Crippen LogP contribution in [0.4, 0.5) is 0 Å². The van der Waals surface area contributed by atoms with Gasteiger partial charge in [0.25, 0.3) is 0 Å². The van der Waals surface area contributed by atoms with Crippen LogP contribution in [0.5, 0.6) is 5.75 Å². The Morgan fingerprint density at radius 1 is 1.40 bits per heavy atom. The van der Waals surface area contributed by atoms with Crippen molar-refractivity contribution in [3.05, 3.63) is 24.0 Å².